The summed E-state index contributed by atoms with van der Waals surface area (Å²) in [6.07, 6.45) is 0.766. The van der Waals surface area contributed by atoms with Gasteiger partial charge in [-0.2, -0.15) is 0 Å². The van der Waals surface area contributed by atoms with Crippen LogP contribution in [0.15, 0.2) is 65.9 Å². The van der Waals surface area contributed by atoms with Crippen LogP contribution in [0.3, 0.4) is 0 Å². The van der Waals surface area contributed by atoms with Crippen LogP contribution in [0.2, 0.25) is 0 Å². The summed E-state index contributed by atoms with van der Waals surface area (Å²) in [5.74, 6) is -0.530. The minimum Gasteiger partial charge on any atom is -0.459 e. The molecule has 33 heavy (non-hydrogen) atoms. The van der Waals surface area contributed by atoms with Crippen LogP contribution in [-0.2, 0) is 20.7 Å². The van der Waals surface area contributed by atoms with E-state index < -0.39 is 12.0 Å². The predicted molar refractivity (Wildman–Crippen MR) is 127 cm³/mol. The Labute approximate surface area is 194 Å². The van der Waals surface area contributed by atoms with Gasteiger partial charge in [-0.05, 0) is 57.4 Å². The van der Waals surface area contributed by atoms with Gasteiger partial charge in [-0.3, -0.25) is 9.69 Å². The maximum atomic E-state index is 12.9. The molecule has 174 valence electrons. The Bertz CT molecular complexity index is 1030. The largest absolute Gasteiger partial charge is 0.459 e. The van der Waals surface area contributed by atoms with Crippen LogP contribution in [0.25, 0.3) is 0 Å². The molecule has 0 bridgehead atoms. The molecule has 0 aliphatic carbocycles. The van der Waals surface area contributed by atoms with Crippen molar-refractivity contribution in [2.45, 2.75) is 52.7 Å². The van der Waals surface area contributed by atoms with Crippen molar-refractivity contribution in [1.82, 2.24) is 10.2 Å². The molecule has 2 aromatic carbocycles. The van der Waals surface area contributed by atoms with Crippen molar-refractivity contribution >= 4 is 23.6 Å². The van der Waals surface area contributed by atoms with Gasteiger partial charge in [0.1, 0.15) is 0 Å². The predicted octanol–water partition coefficient (Wildman–Crippen LogP) is 4.57. The molecule has 0 radical (unpaired) electrons. The molecule has 1 unspecified atom stereocenters. The fourth-order valence-corrected chi connectivity index (χ4v) is 3.84. The Hall–Kier alpha value is -3.61. The van der Waals surface area contributed by atoms with Crippen molar-refractivity contribution in [3.63, 3.8) is 0 Å². The van der Waals surface area contributed by atoms with Crippen LogP contribution >= 0.6 is 0 Å². The van der Waals surface area contributed by atoms with E-state index in [9.17, 15) is 14.4 Å². The molecule has 1 aliphatic heterocycles. The highest BCUT2D eigenvalue weighted by Crippen LogP contribution is 2.32. The van der Waals surface area contributed by atoms with Crippen molar-refractivity contribution in [2.24, 2.45) is 0 Å². The highest BCUT2D eigenvalue weighted by atomic mass is 16.5. The summed E-state index contributed by atoms with van der Waals surface area (Å²) in [5.41, 5.74) is 3.48. The van der Waals surface area contributed by atoms with Gasteiger partial charge in [-0.15, -0.1) is 0 Å². The normalized spacial score (nSPS) is 16.0. The van der Waals surface area contributed by atoms with Crippen LogP contribution in [0.4, 0.5) is 10.5 Å². The zero-order valence-electron chi connectivity index (χ0n) is 19.6. The minimum atomic E-state index is -0.630. The summed E-state index contributed by atoms with van der Waals surface area (Å²) in [6.45, 7) is 7.63. The second kappa shape index (κ2) is 10.8. The maximum Gasteiger partial charge on any atom is 0.338 e. The van der Waals surface area contributed by atoms with Crippen LogP contribution in [0.5, 0.6) is 0 Å². The van der Waals surface area contributed by atoms with Gasteiger partial charge >= 0.3 is 12.0 Å². The van der Waals surface area contributed by atoms with Gasteiger partial charge in [-0.25, -0.2) is 9.59 Å². The number of nitrogens with one attached hydrogen (secondary N) is 2. The molecule has 7 heteroatoms. The van der Waals surface area contributed by atoms with E-state index in [0.29, 0.717) is 36.3 Å². The lowest BCUT2D eigenvalue weighted by molar-refractivity contribution is -0.143. The Morgan fingerprint density at radius 3 is 2.36 bits per heavy atom. The number of rotatable bonds is 8. The standard InChI is InChI=1S/C26H31N3O4/c1-5-29-18(4)23(25(31)33-17(2)3)24(28-26(29)32)20-12-14-21(15-13-20)27-22(30)16-11-19-9-7-6-8-10-19/h6-10,12-15,17,24H,5,11,16H2,1-4H3,(H,27,30)(H,28,32). The summed E-state index contributed by atoms with van der Waals surface area (Å²) in [6, 6.07) is 16.1. The summed E-state index contributed by atoms with van der Waals surface area (Å²) < 4.78 is 5.45. The summed E-state index contributed by atoms with van der Waals surface area (Å²) in [4.78, 5) is 39.3. The van der Waals surface area contributed by atoms with E-state index in [1.165, 1.54) is 4.90 Å². The number of ether oxygens (including phenoxy) is 1. The van der Waals surface area contributed by atoms with Gasteiger partial charge in [0, 0.05) is 24.4 Å². The fourth-order valence-electron chi connectivity index (χ4n) is 3.84. The molecule has 0 fully saturated rings. The van der Waals surface area contributed by atoms with Crippen molar-refractivity contribution in [1.29, 1.82) is 0 Å². The number of esters is 1. The van der Waals surface area contributed by atoms with E-state index in [2.05, 4.69) is 10.6 Å². The first-order valence-electron chi connectivity index (χ1n) is 11.2. The lowest BCUT2D eigenvalue weighted by Crippen LogP contribution is -2.48. The Kier molecular flexibility index (Phi) is 7.87. The topological polar surface area (TPSA) is 87.7 Å². The monoisotopic (exact) mass is 449 g/mol. The molecule has 3 amide bonds. The molecule has 0 spiro atoms. The van der Waals surface area contributed by atoms with Gasteiger partial charge in [0.05, 0.1) is 17.7 Å². The Morgan fingerprint density at radius 1 is 1.09 bits per heavy atom. The molecule has 1 atom stereocenters. The van der Waals surface area contributed by atoms with Gasteiger partial charge < -0.3 is 15.4 Å². The van der Waals surface area contributed by atoms with Gasteiger partial charge in [0.2, 0.25) is 5.91 Å². The van der Waals surface area contributed by atoms with Crippen LogP contribution in [0.1, 0.15) is 51.3 Å². The van der Waals surface area contributed by atoms with Crippen LogP contribution in [0, 0.1) is 0 Å². The molecular formula is C26H31N3O4. The van der Waals surface area contributed by atoms with Gasteiger partial charge in [0.25, 0.3) is 0 Å². The SMILES string of the molecule is CCN1C(=O)NC(c2ccc(NC(=O)CCc3ccccc3)cc2)C(C(=O)OC(C)C)=C1C. The first kappa shape index (κ1) is 24.0. The quantitative estimate of drug-likeness (QED) is 0.578. The van der Waals surface area contributed by atoms with E-state index in [-0.39, 0.29) is 18.0 Å². The second-order valence-electron chi connectivity index (χ2n) is 8.24. The van der Waals surface area contributed by atoms with E-state index in [0.717, 1.165) is 11.1 Å². The number of hydrogen-bond acceptors (Lipinski definition) is 4. The number of carbonyl (C=O) groups excluding carboxylic acids is 3. The number of hydrogen-bond donors (Lipinski definition) is 2. The molecule has 0 aromatic heterocycles. The number of amides is 3. The minimum absolute atomic E-state index is 0.0758. The fraction of sp³-hybridized carbons (Fsp3) is 0.346. The van der Waals surface area contributed by atoms with E-state index in [4.69, 9.17) is 4.74 Å². The molecule has 0 saturated heterocycles. The van der Waals surface area contributed by atoms with E-state index in [1.807, 2.05) is 37.3 Å². The van der Waals surface area contributed by atoms with Crippen molar-refractivity contribution in [3.05, 3.63) is 77.0 Å². The molecule has 2 N–H and O–H groups in total. The number of nitrogens with zero attached hydrogens (tertiary/aromatic N) is 1. The lowest BCUT2D eigenvalue weighted by Gasteiger charge is -2.35. The number of urea groups is 1. The third-order valence-electron chi connectivity index (χ3n) is 5.49. The summed E-state index contributed by atoms with van der Waals surface area (Å²) in [5, 5.41) is 5.81. The number of allylic oxidation sites excluding steroid dienone is 1. The lowest BCUT2D eigenvalue weighted by atomic mass is 9.94. The van der Waals surface area contributed by atoms with Gasteiger partial charge in [0.15, 0.2) is 0 Å². The van der Waals surface area contributed by atoms with E-state index >= 15 is 0 Å². The first-order chi connectivity index (χ1) is 15.8. The smallest absolute Gasteiger partial charge is 0.338 e. The number of aryl methyl sites for hydroxylation is 1. The first-order valence-corrected chi connectivity index (χ1v) is 11.2. The second-order valence-corrected chi connectivity index (χ2v) is 8.24. The third kappa shape index (κ3) is 6.00. The molecule has 0 saturated carbocycles. The zero-order chi connectivity index (χ0) is 24.0. The average molecular weight is 450 g/mol. The Morgan fingerprint density at radius 2 is 1.76 bits per heavy atom. The van der Waals surface area contributed by atoms with Crippen molar-refractivity contribution in [2.75, 3.05) is 11.9 Å². The summed E-state index contributed by atoms with van der Waals surface area (Å²) in [7, 11) is 0. The molecule has 1 aliphatic rings. The number of anilines is 1. The highest BCUT2D eigenvalue weighted by molar-refractivity contribution is 5.95. The number of benzene rings is 2. The van der Waals surface area contributed by atoms with Gasteiger partial charge in [-0.1, -0.05) is 42.5 Å². The molecular weight excluding hydrogens is 418 g/mol. The average Bonchev–Trinajstić information content (AvgIpc) is 2.78. The maximum absolute atomic E-state index is 12.9. The van der Waals surface area contributed by atoms with E-state index in [1.54, 1.807) is 45.0 Å². The Balaban J connectivity index is 1.74. The zero-order valence-corrected chi connectivity index (χ0v) is 19.6. The highest BCUT2D eigenvalue weighted by Gasteiger charge is 2.36. The van der Waals surface area contributed by atoms with Crippen molar-refractivity contribution in [3.8, 4) is 0 Å². The molecule has 3 rings (SSSR count). The van der Waals surface area contributed by atoms with Crippen LogP contribution < -0.4 is 10.6 Å². The third-order valence-corrected chi connectivity index (χ3v) is 5.49. The molecule has 7 nitrogen and oxygen atoms in total. The summed E-state index contributed by atoms with van der Waals surface area (Å²) >= 11 is 0. The molecule has 2 aromatic rings. The van der Waals surface area contributed by atoms with Crippen molar-refractivity contribution < 1.29 is 19.1 Å². The van der Waals surface area contributed by atoms with Crippen LogP contribution in [-0.4, -0.2) is 35.5 Å². The number of carbonyl (C=O) groups is 3. The molecule has 1 heterocycles.